The first-order valence-corrected chi connectivity index (χ1v) is 9.41. The molecule has 1 fully saturated rings. The summed E-state index contributed by atoms with van der Waals surface area (Å²) >= 11 is 0. The molecule has 1 N–H and O–H groups in total. The molecule has 7 heteroatoms. The minimum absolute atomic E-state index is 0.167. The highest BCUT2D eigenvalue weighted by Gasteiger charge is 2.29. The van der Waals surface area contributed by atoms with Crippen molar-refractivity contribution in [2.24, 2.45) is 0 Å². The summed E-state index contributed by atoms with van der Waals surface area (Å²) in [4.78, 5) is 13.5. The number of hydrogen-bond donors (Lipinski definition) is 1. The van der Waals surface area contributed by atoms with E-state index in [2.05, 4.69) is 19.2 Å². The van der Waals surface area contributed by atoms with E-state index in [4.69, 9.17) is 0 Å². The number of urea groups is 1. The fraction of sp³-hybridized carbons (Fsp3) is 0.562. The van der Waals surface area contributed by atoms with E-state index in [-0.39, 0.29) is 6.03 Å². The summed E-state index contributed by atoms with van der Waals surface area (Å²) < 4.78 is 26.8. The molecule has 1 aliphatic heterocycles. The summed E-state index contributed by atoms with van der Waals surface area (Å²) in [6, 6.07) is 6.98. The lowest BCUT2D eigenvalue weighted by Crippen LogP contribution is -2.52. The van der Waals surface area contributed by atoms with Crippen molar-refractivity contribution in [2.75, 3.05) is 33.2 Å². The van der Waals surface area contributed by atoms with Crippen LogP contribution < -0.4 is 5.32 Å². The maximum Gasteiger partial charge on any atom is 0.317 e. The van der Waals surface area contributed by atoms with Gasteiger partial charge in [-0.2, -0.15) is 4.31 Å². The van der Waals surface area contributed by atoms with Crippen molar-refractivity contribution in [2.45, 2.75) is 31.1 Å². The second kappa shape index (κ2) is 7.31. The molecule has 1 aromatic carbocycles. The molecule has 1 aliphatic rings. The molecule has 0 saturated carbocycles. The van der Waals surface area contributed by atoms with Gasteiger partial charge in [-0.3, -0.25) is 0 Å². The Morgan fingerprint density at radius 1 is 1.17 bits per heavy atom. The van der Waals surface area contributed by atoms with E-state index in [9.17, 15) is 13.2 Å². The minimum atomic E-state index is -3.49. The molecule has 6 nitrogen and oxygen atoms in total. The highest BCUT2D eigenvalue weighted by molar-refractivity contribution is 7.89. The second-order valence-electron chi connectivity index (χ2n) is 5.82. The molecular weight excluding hydrogens is 314 g/mol. The largest absolute Gasteiger partial charge is 0.341 e. The summed E-state index contributed by atoms with van der Waals surface area (Å²) in [5, 5.41) is 2.56. The molecule has 0 bridgehead atoms. The molecule has 1 heterocycles. The van der Waals surface area contributed by atoms with Gasteiger partial charge in [0.2, 0.25) is 10.0 Å². The molecule has 1 aromatic rings. The molecule has 1 saturated heterocycles. The number of rotatable bonds is 4. The highest BCUT2D eigenvalue weighted by atomic mass is 32.2. The van der Waals surface area contributed by atoms with Crippen molar-refractivity contribution in [1.29, 1.82) is 0 Å². The number of nitrogens with one attached hydrogen (secondary N) is 1. The van der Waals surface area contributed by atoms with Gasteiger partial charge < -0.3 is 10.2 Å². The second-order valence-corrected chi connectivity index (χ2v) is 7.76. The van der Waals surface area contributed by atoms with Crippen molar-refractivity contribution < 1.29 is 13.2 Å². The van der Waals surface area contributed by atoms with Gasteiger partial charge in [0, 0.05) is 33.2 Å². The maximum absolute atomic E-state index is 12.7. The van der Waals surface area contributed by atoms with Gasteiger partial charge in [-0.1, -0.05) is 26.0 Å². The average molecular weight is 339 g/mol. The van der Waals surface area contributed by atoms with Gasteiger partial charge in [0.15, 0.2) is 0 Å². The van der Waals surface area contributed by atoms with Crippen LogP contribution in [0.25, 0.3) is 0 Å². The van der Waals surface area contributed by atoms with E-state index in [0.29, 0.717) is 37.0 Å². The van der Waals surface area contributed by atoms with Crippen LogP contribution in [0.4, 0.5) is 4.79 Å². The number of carbonyl (C=O) groups is 1. The third kappa shape index (κ3) is 3.84. The van der Waals surface area contributed by atoms with Crippen molar-refractivity contribution in [1.82, 2.24) is 14.5 Å². The minimum Gasteiger partial charge on any atom is -0.341 e. The average Bonchev–Trinajstić information content (AvgIpc) is 2.60. The van der Waals surface area contributed by atoms with Crippen LogP contribution in [0.1, 0.15) is 31.7 Å². The smallest absolute Gasteiger partial charge is 0.317 e. The van der Waals surface area contributed by atoms with Crippen molar-refractivity contribution in [3.63, 3.8) is 0 Å². The Morgan fingerprint density at radius 2 is 1.74 bits per heavy atom. The Labute approximate surface area is 138 Å². The number of piperazine rings is 1. The summed E-state index contributed by atoms with van der Waals surface area (Å²) in [6.07, 6.45) is 1.02. The molecule has 0 radical (unpaired) electrons. The molecule has 23 heavy (non-hydrogen) atoms. The zero-order valence-electron chi connectivity index (χ0n) is 13.9. The molecule has 0 aliphatic carbocycles. The Morgan fingerprint density at radius 3 is 2.22 bits per heavy atom. The van der Waals surface area contributed by atoms with Crippen LogP contribution in [-0.4, -0.2) is 56.9 Å². The van der Waals surface area contributed by atoms with E-state index < -0.39 is 10.0 Å². The number of hydrogen-bond acceptors (Lipinski definition) is 3. The Bertz CT molecular complexity index is 635. The van der Waals surface area contributed by atoms with Gasteiger partial charge in [0.1, 0.15) is 0 Å². The summed E-state index contributed by atoms with van der Waals surface area (Å²) in [7, 11) is -1.92. The van der Waals surface area contributed by atoms with Crippen LogP contribution in [0, 0.1) is 0 Å². The van der Waals surface area contributed by atoms with E-state index in [1.54, 1.807) is 24.1 Å². The first kappa shape index (κ1) is 17.7. The van der Waals surface area contributed by atoms with Gasteiger partial charge in [0.25, 0.3) is 0 Å². The van der Waals surface area contributed by atoms with Crippen LogP contribution in [0.5, 0.6) is 0 Å². The highest BCUT2D eigenvalue weighted by Crippen LogP contribution is 2.23. The number of amides is 2. The molecule has 2 amide bonds. The Hall–Kier alpha value is -1.60. The fourth-order valence-corrected chi connectivity index (χ4v) is 4.06. The predicted octanol–water partition coefficient (Wildman–Crippen LogP) is 1.85. The first-order valence-electron chi connectivity index (χ1n) is 7.97. The van der Waals surface area contributed by atoms with Crippen LogP contribution in [-0.2, 0) is 10.0 Å². The lowest BCUT2D eigenvalue weighted by molar-refractivity contribution is 0.174. The van der Waals surface area contributed by atoms with Gasteiger partial charge in [-0.25, -0.2) is 13.2 Å². The molecular formula is C16H25N3O3S. The number of nitrogens with zero attached hydrogens (tertiary/aromatic N) is 2. The van der Waals surface area contributed by atoms with Gasteiger partial charge in [0.05, 0.1) is 4.90 Å². The standard InChI is InChI=1S/C16H25N3O3S/c1-4-13(2)14-5-7-15(8-6-14)23(21,22)19-11-9-18(10-12-19)16(20)17-3/h5-8,13H,4,9-12H2,1-3H3,(H,17,20). The van der Waals surface area contributed by atoms with Crippen LogP contribution in [0.15, 0.2) is 29.2 Å². The predicted molar refractivity (Wildman–Crippen MR) is 89.9 cm³/mol. The Balaban J connectivity index is 2.09. The summed E-state index contributed by atoms with van der Waals surface area (Å²) in [5.74, 6) is 0.419. The van der Waals surface area contributed by atoms with Crippen LogP contribution in [0.3, 0.4) is 0 Å². The monoisotopic (exact) mass is 339 g/mol. The van der Waals surface area contributed by atoms with E-state index in [1.807, 2.05) is 12.1 Å². The third-order valence-electron chi connectivity index (χ3n) is 4.44. The van der Waals surface area contributed by atoms with Crippen molar-refractivity contribution in [3.05, 3.63) is 29.8 Å². The summed E-state index contributed by atoms with van der Waals surface area (Å²) in [6.45, 7) is 5.70. The molecule has 0 spiro atoms. The lowest BCUT2D eigenvalue weighted by atomic mass is 9.99. The zero-order valence-corrected chi connectivity index (χ0v) is 14.8. The molecule has 128 valence electrons. The van der Waals surface area contributed by atoms with Crippen molar-refractivity contribution >= 4 is 16.1 Å². The van der Waals surface area contributed by atoms with E-state index in [0.717, 1.165) is 12.0 Å². The summed E-state index contributed by atoms with van der Waals surface area (Å²) in [5.41, 5.74) is 1.15. The van der Waals surface area contributed by atoms with Crippen molar-refractivity contribution in [3.8, 4) is 0 Å². The SMILES string of the molecule is CCC(C)c1ccc(S(=O)(=O)N2CCN(C(=O)NC)CC2)cc1. The number of sulfonamides is 1. The quantitative estimate of drug-likeness (QED) is 0.910. The third-order valence-corrected chi connectivity index (χ3v) is 6.35. The van der Waals surface area contributed by atoms with E-state index >= 15 is 0 Å². The molecule has 0 aromatic heterocycles. The zero-order chi connectivity index (χ0) is 17.0. The van der Waals surface area contributed by atoms with Gasteiger partial charge in [-0.05, 0) is 30.0 Å². The maximum atomic E-state index is 12.7. The first-order chi connectivity index (χ1) is 10.9. The van der Waals surface area contributed by atoms with Gasteiger partial charge in [-0.15, -0.1) is 0 Å². The number of carbonyl (C=O) groups excluding carboxylic acids is 1. The van der Waals surface area contributed by atoms with Gasteiger partial charge >= 0.3 is 6.03 Å². The normalized spacial score (nSPS) is 17.8. The Kier molecular flexibility index (Phi) is 5.64. The number of benzene rings is 1. The molecule has 1 atom stereocenters. The topological polar surface area (TPSA) is 69.7 Å². The molecule has 1 unspecified atom stereocenters. The fourth-order valence-electron chi connectivity index (χ4n) is 2.64. The van der Waals surface area contributed by atoms with Crippen LogP contribution >= 0.6 is 0 Å². The van der Waals surface area contributed by atoms with E-state index in [1.165, 1.54) is 4.31 Å². The lowest BCUT2D eigenvalue weighted by Gasteiger charge is -2.33. The molecule has 2 rings (SSSR count). The van der Waals surface area contributed by atoms with Crippen LogP contribution in [0.2, 0.25) is 0 Å².